The van der Waals surface area contributed by atoms with Crippen molar-refractivity contribution in [3.05, 3.63) is 72.6 Å². The molecular formula is C35H40F3N3O. The maximum Gasteiger partial charge on any atom is 0.573 e. The number of benzene rings is 2. The van der Waals surface area contributed by atoms with Gasteiger partial charge in [-0.2, -0.15) is 0 Å². The predicted molar refractivity (Wildman–Crippen MR) is 165 cm³/mol. The fourth-order valence-electron chi connectivity index (χ4n) is 5.72. The Bertz CT molecular complexity index is 1500. The number of alkyl halides is 3. The number of para-hydroxylation sites is 1. The molecule has 2 aromatic heterocycles. The minimum Gasteiger partial charge on any atom is -0.406 e. The van der Waals surface area contributed by atoms with Crippen LogP contribution in [0.4, 0.5) is 19.0 Å². The number of aromatic nitrogens is 2. The summed E-state index contributed by atoms with van der Waals surface area (Å²) in [5.41, 5.74) is 5.94. The highest BCUT2D eigenvalue weighted by Gasteiger charge is 2.31. The van der Waals surface area contributed by atoms with Gasteiger partial charge in [0, 0.05) is 47.6 Å². The monoisotopic (exact) mass is 575 g/mol. The van der Waals surface area contributed by atoms with E-state index in [0.717, 1.165) is 64.9 Å². The number of hydrogen-bond donors (Lipinski definition) is 0. The lowest BCUT2D eigenvalue weighted by Gasteiger charge is -2.31. The summed E-state index contributed by atoms with van der Waals surface area (Å²) in [5.74, 6) is 2.98. The summed E-state index contributed by atoms with van der Waals surface area (Å²) in [6, 6.07) is 16.4. The number of rotatable bonds is 11. The highest BCUT2D eigenvalue weighted by molar-refractivity contribution is 5.98. The third-order valence-corrected chi connectivity index (χ3v) is 8.42. The van der Waals surface area contributed by atoms with Gasteiger partial charge in [0.05, 0.1) is 5.52 Å². The second kappa shape index (κ2) is 12.3. The smallest absolute Gasteiger partial charge is 0.406 e. The summed E-state index contributed by atoms with van der Waals surface area (Å²) >= 11 is 0. The van der Waals surface area contributed by atoms with Gasteiger partial charge in [-0.3, -0.25) is 4.98 Å². The van der Waals surface area contributed by atoms with Gasteiger partial charge < -0.3 is 9.64 Å². The standard InChI is InChI=1S/C35H40F3N3O/c1-6-23(4)24(5)21-41(20-22(2)3)32-17-14-27(18-39-32)31-19-40-34-29(8-7-9-30(34)33(31)26-10-11-26)25-12-15-28(16-13-25)42-35(36,37)38/h7-9,12-19,22-24,26H,6,10-11,20-21H2,1-5H3. The van der Waals surface area contributed by atoms with Gasteiger partial charge in [0.25, 0.3) is 0 Å². The molecule has 2 aromatic carbocycles. The van der Waals surface area contributed by atoms with E-state index >= 15 is 0 Å². The quantitative estimate of drug-likeness (QED) is 0.178. The molecule has 2 atom stereocenters. The van der Waals surface area contributed by atoms with Crippen LogP contribution in [-0.2, 0) is 0 Å². The summed E-state index contributed by atoms with van der Waals surface area (Å²) in [6.45, 7) is 13.3. The van der Waals surface area contributed by atoms with Crippen LogP contribution in [0.25, 0.3) is 33.2 Å². The molecule has 0 radical (unpaired) electrons. The lowest BCUT2D eigenvalue weighted by Crippen LogP contribution is -2.34. The van der Waals surface area contributed by atoms with Crippen LogP contribution < -0.4 is 9.64 Å². The first-order valence-electron chi connectivity index (χ1n) is 15.0. The molecule has 2 heterocycles. The van der Waals surface area contributed by atoms with Crippen molar-refractivity contribution in [2.45, 2.75) is 66.2 Å². The van der Waals surface area contributed by atoms with Crippen LogP contribution in [0.5, 0.6) is 5.75 Å². The highest BCUT2D eigenvalue weighted by atomic mass is 19.4. The SMILES string of the molecule is CCC(C)C(C)CN(CC(C)C)c1ccc(-c2cnc3c(-c4ccc(OC(F)(F)F)cc4)cccc3c2C2CC2)cn1. The maximum absolute atomic E-state index is 12.6. The van der Waals surface area contributed by atoms with E-state index in [4.69, 9.17) is 9.97 Å². The van der Waals surface area contributed by atoms with Crippen LogP contribution in [-0.4, -0.2) is 29.4 Å². The summed E-state index contributed by atoms with van der Waals surface area (Å²) < 4.78 is 42.0. The predicted octanol–water partition coefficient (Wildman–Crippen LogP) is 9.88. The third kappa shape index (κ3) is 6.88. The van der Waals surface area contributed by atoms with E-state index in [1.165, 1.54) is 24.1 Å². The molecule has 0 amide bonds. The lowest BCUT2D eigenvalue weighted by atomic mass is 9.92. The van der Waals surface area contributed by atoms with Crippen LogP contribution in [0.3, 0.4) is 0 Å². The molecule has 222 valence electrons. The largest absolute Gasteiger partial charge is 0.573 e. The van der Waals surface area contributed by atoms with Crippen molar-refractivity contribution in [2.24, 2.45) is 17.8 Å². The molecule has 4 nitrogen and oxygen atoms in total. The van der Waals surface area contributed by atoms with E-state index in [0.29, 0.717) is 23.7 Å². The second-order valence-corrected chi connectivity index (χ2v) is 12.2. The van der Waals surface area contributed by atoms with Gasteiger partial charge >= 0.3 is 6.36 Å². The van der Waals surface area contributed by atoms with Crippen LogP contribution in [0.15, 0.2) is 67.0 Å². The molecule has 0 saturated heterocycles. The van der Waals surface area contributed by atoms with E-state index < -0.39 is 6.36 Å². The van der Waals surface area contributed by atoms with Crippen LogP contribution >= 0.6 is 0 Å². The molecule has 42 heavy (non-hydrogen) atoms. The van der Waals surface area contributed by atoms with Gasteiger partial charge in [-0.05, 0) is 71.9 Å². The van der Waals surface area contributed by atoms with Crippen molar-refractivity contribution in [1.29, 1.82) is 0 Å². The molecule has 1 saturated carbocycles. The van der Waals surface area contributed by atoms with Crippen molar-refractivity contribution in [3.63, 3.8) is 0 Å². The first-order valence-corrected chi connectivity index (χ1v) is 15.0. The number of pyridine rings is 2. The van der Waals surface area contributed by atoms with Crippen molar-refractivity contribution >= 4 is 16.7 Å². The Morgan fingerprint density at radius 2 is 1.55 bits per heavy atom. The number of fused-ring (bicyclic) bond motifs is 1. The normalized spacial score (nSPS) is 15.2. The number of halogens is 3. The number of hydrogen-bond acceptors (Lipinski definition) is 4. The molecule has 1 aliphatic rings. The number of anilines is 1. The van der Waals surface area contributed by atoms with E-state index in [9.17, 15) is 13.2 Å². The first-order chi connectivity index (χ1) is 20.0. The zero-order valence-corrected chi connectivity index (χ0v) is 25.1. The van der Waals surface area contributed by atoms with Crippen molar-refractivity contribution in [2.75, 3.05) is 18.0 Å². The fourth-order valence-corrected chi connectivity index (χ4v) is 5.72. The molecule has 0 spiro atoms. The minimum absolute atomic E-state index is 0.238. The van der Waals surface area contributed by atoms with Gasteiger partial charge in [0.15, 0.2) is 0 Å². The second-order valence-electron chi connectivity index (χ2n) is 12.2. The van der Waals surface area contributed by atoms with Gasteiger partial charge in [-0.15, -0.1) is 13.2 Å². The molecule has 1 fully saturated rings. The third-order valence-electron chi connectivity index (χ3n) is 8.42. The molecule has 0 aliphatic heterocycles. The molecule has 5 rings (SSSR count). The lowest BCUT2D eigenvalue weighted by molar-refractivity contribution is -0.274. The summed E-state index contributed by atoms with van der Waals surface area (Å²) in [5, 5.41) is 1.08. The Morgan fingerprint density at radius 1 is 0.833 bits per heavy atom. The van der Waals surface area contributed by atoms with Gasteiger partial charge in [-0.1, -0.05) is 71.4 Å². The highest BCUT2D eigenvalue weighted by Crippen LogP contribution is 2.48. The van der Waals surface area contributed by atoms with Crippen molar-refractivity contribution in [3.8, 4) is 28.0 Å². The molecule has 0 N–H and O–H groups in total. The van der Waals surface area contributed by atoms with Gasteiger partial charge in [0.2, 0.25) is 0 Å². The summed E-state index contributed by atoms with van der Waals surface area (Å²) in [7, 11) is 0. The van der Waals surface area contributed by atoms with Gasteiger partial charge in [-0.25, -0.2) is 4.98 Å². The molecular weight excluding hydrogens is 535 g/mol. The number of ether oxygens (including phenoxy) is 1. The molecule has 0 bridgehead atoms. The van der Waals surface area contributed by atoms with E-state index in [-0.39, 0.29) is 5.75 Å². The van der Waals surface area contributed by atoms with Crippen LogP contribution in [0.2, 0.25) is 0 Å². The minimum atomic E-state index is -4.72. The Kier molecular flexibility index (Phi) is 8.76. The summed E-state index contributed by atoms with van der Waals surface area (Å²) in [6.07, 6.45) is 2.62. The average molecular weight is 576 g/mol. The number of nitrogens with zero attached hydrogens (tertiary/aromatic N) is 3. The average Bonchev–Trinajstić information content (AvgIpc) is 3.80. The molecule has 7 heteroatoms. The fraction of sp³-hybridized carbons (Fsp3) is 0.429. The van der Waals surface area contributed by atoms with Crippen LogP contribution in [0, 0.1) is 17.8 Å². The van der Waals surface area contributed by atoms with Crippen LogP contribution in [0.1, 0.15) is 65.4 Å². The zero-order chi connectivity index (χ0) is 30.0. The Morgan fingerprint density at radius 3 is 2.14 bits per heavy atom. The van der Waals surface area contributed by atoms with Gasteiger partial charge in [0.1, 0.15) is 11.6 Å². The molecule has 4 aromatic rings. The van der Waals surface area contributed by atoms with Crippen molar-refractivity contribution in [1.82, 2.24) is 9.97 Å². The van der Waals surface area contributed by atoms with E-state index in [1.54, 1.807) is 12.1 Å². The Labute approximate surface area is 247 Å². The maximum atomic E-state index is 12.6. The van der Waals surface area contributed by atoms with E-state index in [1.807, 2.05) is 24.5 Å². The Hall–Kier alpha value is -3.61. The molecule has 1 aliphatic carbocycles. The van der Waals surface area contributed by atoms with E-state index in [2.05, 4.69) is 62.5 Å². The Balaban J connectivity index is 1.48. The van der Waals surface area contributed by atoms with Crippen molar-refractivity contribution < 1.29 is 17.9 Å². The summed E-state index contributed by atoms with van der Waals surface area (Å²) in [4.78, 5) is 12.3. The zero-order valence-electron chi connectivity index (χ0n) is 25.1. The molecule has 2 unspecified atom stereocenters. The first kappa shape index (κ1) is 29.9. The topological polar surface area (TPSA) is 38.2 Å².